The summed E-state index contributed by atoms with van der Waals surface area (Å²) >= 11 is 0. The zero-order chi connectivity index (χ0) is 16.8. The lowest BCUT2D eigenvalue weighted by atomic mass is 10.1. The van der Waals surface area contributed by atoms with Gasteiger partial charge in [-0.3, -0.25) is 0 Å². The van der Waals surface area contributed by atoms with Gasteiger partial charge in [0.2, 0.25) is 0 Å². The molecule has 2 aromatic carbocycles. The number of benzene rings is 2. The minimum absolute atomic E-state index is 0.356. The summed E-state index contributed by atoms with van der Waals surface area (Å²) in [5.74, 6) is 1.62. The van der Waals surface area contributed by atoms with Gasteiger partial charge in [-0.1, -0.05) is 31.5 Å². The number of carbonyl (C=O) groups excluding carboxylic acids is 1. The van der Waals surface area contributed by atoms with Crippen molar-refractivity contribution in [2.45, 2.75) is 34.1 Å². The van der Waals surface area contributed by atoms with Crippen LogP contribution in [0.1, 0.15) is 41.8 Å². The highest BCUT2D eigenvalue weighted by atomic mass is 16.5. The van der Waals surface area contributed by atoms with E-state index in [4.69, 9.17) is 9.47 Å². The van der Waals surface area contributed by atoms with Crippen molar-refractivity contribution in [3.8, 4) is 11.5 Å². The molecule has 2 rings (SSSR count). The van der Waals surface area contributed by atoms with Crippen molar-refractivity contribution in [3.05, 3.63) is 59.2 Å². The molecule has 0 atom stereocenters. The first-order valence-corrected chi connectivity index (χ1v) is 7.98. The number of esters is 1. The maximum Gasteiger partial charge on any atom is 0.343 e. The van der Waals surface area contributed by atoms with Crippen LogP contribution < -0.4 is 9.47 Å². The van der Waals surface area contributed by atoms with Crippen molar-refractivity contribution in [1.82, 2.24) is 0 Å². The molecule has 122 valence electrons. The van der Waals surface area contributed by atoms with E-state index in [1.54, 1.807) is 24.3 Å². The monoisotopic (exact) mass is 312 g/mol. The van der Waals surface area contributed by atoms with Gasteiger partial charge in [-0.05, 0) is 62.1 Å². The molecule has 0 N–H and O–H groups in total. The predicted molar refractivity (Wildman–Crippen MR) is 92.3 cm³/mol. The first kappa shape index (κ1) is 17.1. The molecule has 0 aromatic heterocycles. The van der Waals surface area contributed by atoms with Crippen LogP contribution in [0.2, 0.25) is 0 Å². The molecule has 0 fully saturated rings. The third-order valence-electron chi connectivity index (χ3n) is 3.59. The summed E-state index contributed by atoms with van der Waals surface area (Å²) in [6.45, 7) is 8.95. The summed E-state index contributed by atoms with van der Waals surface area (Å²) in [5, 5.41) is 0. The number of ether oxygens (including phenoxy) is 2. The predicted octanol–water partition coefficient (Wildman–Crippen LogP) is 4.95. The van der Waals surface area contributed by atoms with Gasteiger partial charge in [0.1, 0.15) is 11.5 Å². The highest BCUT2D eigenvalue weighted by molar-refractivity contribution is 5.91. The normalized spacial score (nSPS) is 10.7. The van der Waals surface area contributed by atoms with E-state index >= 15 is 0 Å². The largest absolute Gasteiger partial charge is 0.494 e. The van der Waals surface area contributed by atoms with Gasteiger partial charge in [0, 0.05) is 0 Å². The van der Waals surface area contributed by atoms with Gasteiger partial charge in [-0.2, -0.15) is 0 Å². The average molecular weight is 312 g/mol. The first-order chi connectivity index (χ1) is 11.0. The van der Waals surface area contributed by atoms with Crippen molar-refractivity contribution < 1.29 is 14.3 Å². The van der Waals surface area contributed by atoms with E-state index in [2.05, 4.69) is 13.8 Å². The molecule has 0 bridgehead atoms. The van der Waals surface area contributed by atoms with Crippen LogP contribution >= 0.6 is 0 Å². The maximum absolute atomic E-state index is 12.2. The van der Waals surface area contributed by atoms with Crippen LogP contribution in [0.4, 0.5) is 0 Å². The number of hydrogen-bond acceptors (Lipinski definition) is 3. The van der Waals surface area contributed by atoms with Gasteiger partial charge < -0.3 is 9.47 Å². The van der Waals surface area contributed by atoms with Gasteiger partial charge in [0.05, 0.1) is 12.2 Å². The minimum atomic E-state index is -0.356. The van der Waals surface area contributed by atoms with Gasteiger partial charge in [0.15, 0.2) is 0 Å². The summed E-state index contributed by atoms with van der Waals surface area (Å²) in [5.41, 5.74) is 2.61. The highest BCUT2D eigenvalue weighted by Crippen LogP contribution is 2.21. The van der Waals surface area contributed by atoms with E-state index in [0.29, 0.717) is 23.8 Å². The first-order valence-electron chi connectivity index (χ1n) is 7.98. The van der Waals surface area contributed by atoms with E-state index < -0.39 is 0 Å². The van der Waals surface area contributed by atoms with Crippen LogP contribution in [0.25, 0.3) is 0 Å². The smallest absolute Gasteiger partial charge is 0.343 e. The number of carbonyl (C=O) groups is 1. The van der Waals surface area contributed by atoms with E-state index in [1.165, 1.54) is 0 Å². The van der Waals surface area contributed by atoms with Crippen LogP contribution in [0.15, 0.2) is 42.5 Å². The second kappa shape index (κ2) is 7.82. The molecule has 0 aliphatic heterocycles. The third-order valence-corrected chi connectivity index (χ3v) is 3.59. The van der Waals surface area contributed by atoms with Crippen molar-refractivity contribution >= 4 is 5.97 Å². The molecular weight excluding hydrogens is 288 g/mol. The highest BCUT2D eigenvalue weighted by Gasteiger charge is 2.10. The molecule has 23 heavy (non-hydrogen) atoms. The fourth-order valence-electron chi connectivity index (χ4n) is 2.17. The Morgan fingerprint density at radius 1 is 1.04 bits per heavy atom. The fraction of sp³-hybridized carbons (Fsp3) is 0.350. The molecule has 0 saturated heterocycles. The van der Waals surface area contributed by atoms with Crippen molar-refractivity contribution in [2.24, 2.45) is 5.92 Å². The second-order valence-electron chi connectivity index (χ2n) is 6.21. The van der Waals surface area contributed by atoms with E-state index in [0.717, 1.165) is 23.3 Å². The van der Waals surface area contributed by atoms with Crippen LogP contribution in [-0.4, -0.2) is 12.6 Å². The zero-order valence-electron chi connectivity index (χ0n) is 14.3. The molecular formula is C20H24O3. The molecule has 3 heteroatoms. The molecule has 0 spiro atoms. The molecule has 0 aliphatic rings. The van der Waals surface area contributed by atoms with Gasteiger partial charge >= 0.3 is 5.97 Å². The lowest BCUT2D eigenvalue weighted by Gasteiger charge is -2.10. The summed E-state index contributed by atoms with van der Waals surface area (Å²) < 4.78 is 11.1. The molecule has 0 unspecified atom stereocenters. The summed E-state index contributed by atoms with van der Waals surface area (Å²) in [4.78, 5) is 12.2. The maximum atomic E-state index is 12.2. The second-order valence-corrected chi connectivity index (χ2v) is 6.21. The van der Waals surface area contributed by atoms with Crippen LogP contribution in [0, 0.1) is 19.8 Å². The summed E-state index contributed by atoms with van der Waals surface area (Å²) in [6, 6.07) is 12.8. The Morgan fingerprint density at radius 3 is 2.35 bits per heavy atom. The van der Waals surface area contributed by atoms with Gasteiger partial charge in [-0.25, -0.2) is 4.79 Å². The number of aryl methyl sites for hydroxylation is 2. The minimum Gasteiger partial charge on any atom is -0.494 e. The topological polar surface area (TPSA) is 35.5 Å². The molecule has 0 radical (unpaired) electrons. The fourth-order valence-corrected chi connectivity index (χ4v) is 2.17. The number of rotatable bonds is 6. The molecule has 0 amide bonds. The Morgan fingerprint density at radius 2 is 1.74 bits per heavy atom. The van der Waals surface area contributed by atoms with Gasteiger partial charge in [0.25, 0.3) is 0 Å². The van der Waals surface area contributed by atoms with Crippen molar-refractivity contribution in [2.75, 3.05) is 6.61 Å². The number of hydrogen-bond donors (Lipinski definition) is 0. The quantitative estimate of drug-likeness (QED) is 0.559. The van der Waals surface area contributed by atoms with Gasteiger partial charge in [-0.15, -0.1) is 0 Å². The Labute approximate surface area is 138 Å². The summed E-state index contributed by atoms with van der Waals surface area (Å²) in [7, 11) is 0. The third kappa shape index (κ3) is 5.13. The average Bonchev–Trinajstić information content (AvgIpc) is 2.50. The molecule has 3 nitrogen and oxygen atoms in total. The molecule has 0 saturated carbocycles. The van der Waals surface area contributed by atoms with Crippen LogP contribution in [-0.2, 0) is 0 Å². The standard InChI is InChI=1S/C20H24O3/c1-14(2)11-12-22-18-8-6-17(7-9-18)20(21)23-19-10-5-15(3)13-16(19)4/h5-10,13-14H,11-12H2,1-4H3. The molecule has 0 heterocycles. The Kier molecular flexibility index (Phi) is 5.80. The Balaban J connectivity index is 1.97. The molecule has 2 aromatic rings. The van der Waals surface area contributed by atoms with E-state index in [9.17, 15) is 4.79 Å². The van der Waals surface area contributed by atoms with Crippen molar-refractivity contribution in [1.29, 1.82) is 0 Å². The molecule has 0 aliphatic carbocycles. The van der Waals surface area contributed by atoms with Crippen LogP contribution in [0.3, 0.4) is 0 Å². The van der Waals surface area contributed by atoms with Crippen LogP contribution in [0.5, 0.6) is 11.5 Å². The van der Waals surface area contributed by atoms with E-state index in [1.807, 2.05) is 32.0 Å². The van der Waals surface area contributed by atoms with E-state index in [-0.39, 0.29) is 5.97 Å². The zero-order valence-corrected chi connectivity index (χ0v) is 14.3. The summed E-state index contributed by atoms with van der Waals surface area (Å²) in [6.07, 6.45) is 1.01. The Hall–Kier alpha value is -2.29. The Bertz CT molecular complexity index is 657. The van der Waals surface area contributed by atoms with Crippen molar-refractivity contribution in [3.63, 3.8) is 0 Å². The lowest BCUT2D eigenvalue weighted by Crippen LogP contribution is -2.09. The SMILES string of the molecule is Cc1ccc(OC(=O)c2ccc(OCCC(C)C)cc2)c(C)c1. The lowest BCUT2D eigenvalue weighted by molar-refractivity contribution is 0.0733.